The van der Waals surface area contributed by atoms with E-state index in [-0.39, 0.29) is 5.54 Å². The fourth-order valence-electron chi connectivity index (χ4n) is 2.08. The zero-order valence-corrected chi connectivity index (χ0v) is 9.36. The van der Waals surface area contributed by atoms with Crippen LogP contribution in [0.1, 0.15) is 40.5 Å². The molecule has 1 saturated heterocycles. The largest absolute Gasteiger partial charge is 0.294 e. The summed E-state index contributed by atoms with van der Waals surface area (Å²) in [6, 6.07) is 0.670. The molecule has 0 N–H and O–H groups in total. The van der Waals surface area contributed by atoms with Crippen molar-refractivity contribution in [1.29, 1.82) is 0 Å². The second-order valence-electron chi connectivity index (χ2n) is 4.36. The third kappa shape index (κ3) is 1.62. The second-order valence-corrected chi connectivity index (χ2v) is 4.89. The summed E-state index contributed by atoms with van der Waals surface area (Å²) in [5.74, 6) is 0. The normalized spacial score (nSPS) is 32.2. The van der Waals surface area contributed by atoms with Gasteiger partial charge >= 0.3 is 0 Å². The lowest BCUT2D eigenvalue weighted by atomic mass is 10.00. The predicted molar refractivity (Wildman–Crippen MR) is 54.8 cm³/mol. The highest BCUT2D eigenvalue weighted by atomic mass is 35.5. The first-order valence-corrected chi connectivity index (χ1v) is 5.34. The number of alkyl halides is 1. The van der Waals surface area contributed by atoms with Crippen LogP contribution in [0.15, 0.2) is 0 Å². The van der Waals surface area contributed by atoms with Gasteiger partial charge in [-0.3, -0.25) is 4.90 Å². The molecule has 0 aromatic heterocycles. The number of halogens is 1. The van der Waals surface area contributed by atoms with Crippen LogP contribution in [0, 0.1) is 0 Å². The highest BCUT2D eigenvalue weighted by Crippen LogP contribution is 2.34. The Kier molecular flexibility index (Phi) is 3.06. The van der Waals surface area contributed by atoms with E-state index in [0.717, 1.165) is 13.0 Å². The Labute approximate surface area is 81.1 Å². The van der Waals surface area contributed by atoms with Crippen LogP contribution in [0.3, 0.4) is 0 Å². The molecule has 0 radical (unpaired) electrons. The van der Waals surface area contributed by atoms with Gasteiger partial charge in [-0.05, 0) is 33.6 Å². The Morgan fingerprint density at radius 1 is 1.58 bits per heavy atom. The van der Waals surface area contributed by atoms with E-state index in [9.17, 15) is 0 Å². The molecule has 0 aromatic carbocycles. The van der Waals surface area contributed by atoms with E-state index in [1.54, 1.807) is 0 Å². The second kappa shape index (κ2) is 3.55. The van der Waals surface area contributed by atoms with E-state index in [1.807, 2.05) is 0 Å². The van der Waals surface area contributed by atoms with Gasteiger partial charge in [0.1, 0.15) is 0 Å². The number of rotatable bonds is 2. The van der Waals surface area contributed by atoms with Crippen LogP contribution >= 0.6 is 11.6 Å². The van der Waals surface area contributed by atoms with Crippen LogP contribution in [0.2, 0.25) is 0 Å². The highest BCUT2D eigenvalue weighted by molar-refractivity contribution is 6.21. The first-order valence-electron chi connectivity index (χ1n) is 4.91. The van der Waals surface area contributed by atoms with Crippen LogP contribution in [0.5, 0.6) is 0 Å². The van der Waals surface area contributed by atoms with Crippen molar-refractivity contribution in [2.45, 2.75) is 57.5 Å². The van der Waals surface area contributed by atoms with Crippen molar-refractivity contribution in [3.8, 4) is 0 Å². The Balaban J connectivity index is 2.67. The van der Waals surface area contributed by atoms with Gasteiger partial charge in [0, 0.05) is 18.1 Å². The summed E-state index contributed by atoms with van der Waals surface area (Å²) in [6.07, 6.45) is 2.35. The lowest BCUT2D eigenvalue weighted by Crippen LogP contribution is -2.47. The number of likely N-dealkylation sites (tertiary alicyclic amines) is 1. The molecule has 0 bridgehead atoms. The standard InChI is InChI=1S/C10H20ClN/c1-5-8(2)12-7-6-9(11)10(12,3)4/h8-9H,5-7H2,1-4H3. The molecule has 0 aliphatic carbocycles. The van der Waals surface area contributed by atoms with Gasteiger partial charge in [0.2, 0.25) is 0 Å². The summed E-state index contributed by atoms with van der Waals surface area (Å²) in [7, 11) is 0. The summed E-state index contributed by atoms with van der Waals surface area (Å²) in [5, 5.41) is 0.325. The van der Waals surface area contributed by atoms with E-state index >= 15 is 0 Å². The third-order valence-electron chi connectivity index (χ3n) is 3.25. The van der Waals surface area contributed by atoms with E-state index in [0.29, 0.717) is 11.4 Å². The van der Waals surface area contributed by atoms with E-state index in [1.165, 1.54) is 6.42 Å². The number of hydrogen-bond donors (Lipinski definition) is 0. The van der Waals surface area contributed by atoms with Crippen LogP contribution in [-0.2, 0) is 0 Å². The van der Waals surface area contributed by atoms with Crippen LogP contribution < -0.4 is 0 Å². The van der Waals surface area contributed by atoms with Crippen LogP contribution in [0.4, 0.5) is 0 Å². The molecular formula is C10H20ClN. The Bertz CT molecular complexity index is 156. The summed E-state index contributed by atoms with van der Waals surface area (Å²) in [6.45, 7) is 10.2. The molecular weight excluding hydrogens is 170 g/mol. The Morgan fingerprint density at radius 3 is 2.50 bits per heavy atom. The highest BCUT2D eigenvalue weighted by Gasteiger charge is 2.41. The fraction of sp³-hybridized carbons (Fsp3) is 1.00. The van der Waals surface area contributed by atoms with Crippen molar-refractivity contribution in [2.75, 3.05) is 6.54 Å². The lowest BCUT2D eigenvalue weighted by molar-refractivity contribution is 0.124. The Morgan fingerprint density at radius 2 is 2.17 bits per heavy atom. The molecule has 1 aliphatic heterocycles. The maximum absolute atomic E-state index is 6.26. The molecule has 1 fully saturated rings. The third-order valence-corrected chi connectivity index (χ3v) is 4.01. The van der Waals surface area contributed by atoms with Gasteiger partial charge in [0.15, 0.2) is 0 Å². The van der Waals surface area contributed by atoms with Crippen LogP contribution in [-0.4, -0.2) is 28.4 Å². The minimum Gasteiger partial charge on any atom is -0.294 e. The van der Waals surface area contributed by atoms with Crippen molar-refractivity contribution in [3.63, 3.8) is 0 Å². The molecule has 2 unspecified atom stereocenters. The zero-order chi connectivity index (χ0) is 9.35. The first-order chi connectivity index (χ1) is 5.50. The van der Waals surface area contributed by atoms with E-state index in [2.05, 4.69) is 32.6 Å². The van der Waals surface area contributed by atoms with Gasteiger partial charge in [0.05, 0.1) is 5.38 Å². The van der Waals surface area contributed by atoms with Gasteiger partial charge in [0.25, 0.3) is 0 Å². The maximum Gasteiger partial charge on any atom is 0.0526 e. The fourth-order valence-corrected chi connectivity index (χ4v) is 2.31. The SMILES string of the molecule is CCC(C)N1CCC(Cl)C1(C)C. The van der Waals surface area contributed by atoms with Gasteiger partial charge in [-0.15, -0.1) is 11.6 Å². The van der Waals surface area contributed by atoms with Crippen molar-refractivity contribution in [2.24, 2.45) is 0 Å². The molecule has 2 heteroatoms. The van der Waals surface area contributed by atoms with Gasteiger partial charge < -0.3 is 0 Å². The summed E-state index contributed by atoms with van der Waals surface area (Å²) < 4.78 is 0. The Hall–Kier alpha value is 0.250. The van der Waals surface area contributed by atoms with E-state index in [4.69, 9.17) is 11.6 Å². The number of nitrogens with zero attached hydrogens (tertiary/aromatic N) is 1. The van der Waals surface area contributed by atoms with Crippen LogP contribution in [0.25, 0.3) is 0 Å². The molecule has 72 valence electrons. The van der Waals surface area contributed by atoms with Gasteiger partial charge in [-0.25, -0.2) is 0 Å². The number of hydrogen-bond acceptors (Lipinski definition) is 1. The minimum atomic E-state index is 0.191. The average Bonchev–Trinajstić information content (AvgIpc) is 2.27. The molecule has 0 saturated carbocycles. The summed E-state index contributed by atoms with van der Waals surface area (Å²) in [4.78, 5) is 2.53. The van der Waals surface area contributed by atoms with Gasteiger partial charge in [-0.1, -0.05) is 6.92 Å². The minimum absolute atomic E-state index is 0.191. The smallest absolute Gasteiger partial charge is 0.0526 e. The average molecular weight is 190 g/mol. The predicted octanol–water partition coefficient (Wildman–Crippen LogP) is 2.88. The van der Waals surface area contributed by atoms with E-state index < -0.39 is 0 Å². The first kappa shape index (κ1) is 10.3. The zero-order valence-electron chi connectivity index (χ0n) is 8.60. The lowest BCUT2D eigenvalue weighted by Gasteiger charge is -2.37. The van der Waals surface area contributed by atoms with Crippen molar-refractivity contribution >= 4 is 11.6 Å². The topological polar surface area (TPSA) is 3.24 Å². The van der Waals surface area contributed by atoms with Gasteiger partial charge in [-0.2, -0.15) is 0 Å². The molecule has 1 nitrogen and oxygen atoms in total. The molecule has 0 amide bonds. The summed E-state index contributed by atoms with van der Waals surface area (Å²) in [5.41, 5.74) is 0.191. The molecule has 1 heterocycles. The molecule has 1 aliphatic rings. The quantitative estimate of drug-likeness (QED) is 0.604. The molecule has 0 aromatic rings. The molecule has 0 spiro atoms. The molecule has 12 heavy (non-hydrogen) atoms. The summed E-state index contributed by atoms with van der Waals surface area (Å²) >= 11 is 6.26. The maximum atomic E-state index is 6.26. The van der Waals surface area contributed by atoms with Crippen molar-refractivity contribution in [3.05, 3.63) is 0 Å². The molecule has 2 atom stereocenters. The monoisotopic (exact) mass is 189 g/mol. The van der Waals surface area contributed by atoms with Crippen molar-refractivity contribution < 1.29 is 0 Å². The van der Waals surface area contributed by atoms with Crippen molar-refractivity contribution in [1.82, 2.24) is 4.90 Å². The molecule has 1 rings (SSSR count).